The van der Waals surface area contributed by atoms with E-state index in [4.69, 9.17) is 52.1 Å². The Morgan fingerprint density at radius 1 is 0.472 bits per heavy atom. The number of amides is 4. The summed E-state index contributed by atoms with van der Waals surface area (Å²) in [5.74, 6) is -75.4. The van der Waals surface area contributed by atoms with E-state index in [1.807, 2.05) is 5.32 Å². The number of hydrogen-bond acceptors (Lipinski definition) is 24. The Kier molecular flexibility index (Phi) is 32.1. The molecule has 1 fully saturated rings. The van der Waals surface area contributed by atoms with Crippen LogP contribution in [0.3, 0.4) is 0 Å². The minimum Gasteiger partial charge on any atom is -0.508 e. The number of phenols is 1. The number of benzene rings is 2. The van der Waals surface area contributed by atoms with E-state index in [0.717, 1.165) is 27.7 Å². The first-order valence-corrected chi connectivity index (χ1v) is 30.6. The Morgan fingerprint density at radius 2 is 0.962 bits per heavy atom. The van der Waals surface area contributed by atoms with Crippen LogP contribution in [0.4, 0.5) is 79.4 Å². The van der Waals surface area contributed by atoms with E-state index in [2.05, 4.69) is 10.6 Å². The van der Waals surface area contributed by atoms with E-state index in [-0.39, 0.29) is 18.8 Å². The van der Waals surface area contributed by atoms with Gasteiger partial charge in [0.25, 0.3) is 5.91 Å². The molecule has 45 heteroatoms. The number of alkyl carbamates (subject to hydrolysis) is 1. The molecule has 106 heavy (non-hydrogen) atoms. The maximum absolute atomic E-state index is 15.3. The molecule has 1 saturated heterocycles. The predicted molar refractivity (Wildman–Crippen MR) is 313 cm³/mol. The third-order valence-electron chi connectivity index (χ3n) is 14.4. The van der Waals surface area contributed by atoms with Gasteiger partial charge in [-0.25, -0.2) is 4.79 Å². The first-order chi connectivity index (χ1) is 48.7. The third kappa shape index (κ3) is 24.0. The van der Waals surface area contributed by atoms with Gasteiger partial charge >= 0.3 is 101 Å². The zero-order valence-electron chi connectivity index (χ0n) is 56.4. The Balaban J connectivity index is 2.28. The van der Waals surface area contributed by atoms with Crippen molar-refractivity contribution in [1.82, 2.24) is 21.3 Å². The molecule has 4 amide bonds. The van der Waals surface area contributed by atoms with Crippen LogP contribution in [0.2, 0.25) is 0 Å². The Labute approximate surface area is 587 Å². The second-order valence-electron chi connectivity index (χ2n) is 22.9. The maximum atomic E-state index is 15.3. The number of rotatable bonds is 38. The molecule has 1 aliphatic heterocycles. The Hall–Kier alpha value is -9.59. The largest absolute Gasteiger partial charge is 0.508 e. The topological polar surface area (TPSA) is 375 Å². The molecule has 5 N–H and O–H groups in total. The highest BCUT2D eigenvalue weighted by Gasteiger charge is 2.95. The van der Waals surface area contributed by atoms with Gasteiger partial charge in [0, 0.05) is 81.3 Å². The summed E-state index contributed by atoms with van der Waals surface area (Å²) in [4.78, 5) is 158. The van der Waals surface area contributed by atoms with Crippen LogP contribution < -0.4 is 21.3 Å². The Bertz CT molecular complexity index is 3410. The van der Waals surface area contributed by atoms with Crippen molar-refractivity contribution < 1.29 is 189 Å². The minimum absolute atomic E-state index is 0.226. The zero-order chi connectivity index (χ0) is 81.1. The highest BCUT2D eigenvalue weighted by Crippen LogP contribution is 2.64. The summed E-state index contributed by atoms with van der Waals surface area (Å²) in [7, 11) is 0. The van der Waals surface area contributed by atoms with Crippen LogP contribution in [0.1, 0.15) is 92.2 Å². The second-order valence-corrected chi connectivity index (χ2v) is 22.9. The molecule has 8 unspecified atom stereocenters. The van der Waals surface area contributed by atoms with Gasteiger partial charge in [-0.2, -0.15) is 74.6 Å². The van der Waals surface area contributed by atoms with E-state index in [0.29, 0.717) is 38.8 Å². The number of halogens is 17. The number of carbonyl (C=O) groups is 12. The van der Waals surface area contributed by atoms with Crippen LogP contribution in [-0.2, 0) is 118 Å². The molecule has 1 heterocycles. The van der Waals surface area contributed by atoms with Gasteiger partial charge < -0.3 is 78.5 Å². The molecule has 0 aromatic heterocycles. The molecular formula is C61H69F17N4O24. The fourth-order valence-corrected chi connectivity index (χ4v) is 9.51. The number of aromatic hydroxyl groups is 1. The Morgan fingerprint density at radius 3 is 1.47 bits per heavy atom. The molecule has 11 atom stereocenters. The lowest BCUT2D eigenvalue weighted by Crippen LogP contribution is -2.74. The van der Waals surface area contributed by atoms with Crippen LogP contribution >= 0.6 is 0 Å². The van der Waals surface area contributed by atoms with Gasteiger partial charge in [0.1, 0.15) is 49.9 Å². The smallest absolute Gasteiger partial charge is 0.460 e. The number of nitrogens with one attached hydrogen (secondary N) is 4. The van der Waals surface area contributed by atoms with Crippen LogP contribution in [0.5, 0.6) is 5.75 Å². The highest BCUT2D eigenvalue weighted by molar-refractivity contribution is 5.91. The second kappa shape index (κ2) is 37.6. The lowest BCUT2D eigenvalue weighted by atomic mass is 9.88. The average molecular weight is 1570 g/mol. The molecule has 0 saturated carbocycles. The van der Waals surface area contributed by atoms with E-state index in [9.17, 15) is 120 Å². The van der Waals surface area contributed by atoms with Crippen molar-refractivity contribution in [2.24, 2.45) is 0 Å². The van der Waals surface area contributed by atoms with Gasteiger partial charge in [-0.05, 0) is 42.5 Å². The normalized spacial score (nSPS) is 18.4. The van der Waals surface area contributed by atoms with E-state index < -0.39 is 238 Å². The molecule has 1 aliphatic rings. The number of unbranched alkanes of at least 4 members (excludes halogenated alkanes) is 1. The van der Waals surface area contributed by atoms with Crippen LogP contribution in [-0.4, -0.2) is 218 Å². The standard InChI is InChI=1S/C61H69F17N4O24/c1-28(83)96-26-41(99-30(3)85)44(106-52-48(104-35(8)90)46(102-33(6)88)43(100-31(4)86)42(105-52)27-97-29(2)84)45(101-32(5)87)47(103-34(7)89)51(94)81-39(16-12-13-22-79-50(93)40(24-36-17-19-38(91)20-18-36)82-53(95)98-25-37-14-10-9-11-15-37)49(92)80-23-21-54(62,63)55(64,65)56(66,67)57(68,69)58(70,71)59(72,73)60(74,75)61(76,77)78/h9-11,14-15,17-20,39-48,52,91H,12-13,16,21-27H2,1-8H3,(H,79,93)(H,80,92)(H,81,94)(H,82,95)/t39?,40?,41?,42?,43-,44+,45?,46?,47?,48?,52-/m0/s1. The molecule has 0 aliphatic carbocycles. The highest BCUT2D eigenvalue weighted by atomic mass is 19.4. The summed E-state index contributed by atoms with van der Waals surface area (Å²) in [5.41, 5.74) is 0.804. The summed E-state index contributed by atoms with van der Waals surface area (Å²) in [6, 6.07) is 8.97. The van der Waals surface area contributed by atoms with Gasteiger partial charge in [0.15, 0.2) is 36.8 Å². The van der Waals surface area contributed by atoms with E-state index >= 15 is 17.6 Å². The summed E-state index contributed by atoms with van der Waals surface area (Å²) < 4.78 is 301. The van der Waals surface area contributed by atoms with Crippen molar-refractivity contribution in [3.63, 3.8) is 0 Å². The molecule has 0 spiro atoms. The quantitative estimate of drug-likeness (QED) is 0.0212. The summed E-state index contributed by atoms with van der Waals surface area (Å²) in [6.07, 6.45) is -36.9. The van der Waals surface area contributed by atoms with Crippen molar-refractivity contribution in [3.8, 4) is 5.75 Å². The first-order valence-electron chi connectivity index (χ1n) is 30.6. The number of ether oxygens (including phenoxy) is 11. The van der Waals surface area contributed by atoms with Crippen LogP contribution in [0.25, 0.3) is 0 Å². The van der Waals surface area contributed by atoms with Gasteiger partial charge in [-0.15, -0.1) is 0 Å². The van der Waals surface area contributed by atoms with Crippen molar-refractivity contribution in [1.29, 1.82) is 0 Å². The average Bonchev–Trinajstić information content (AvgIpc) is 0.696. The van der Waals surface area contributed by atoms with Gasteiger partial charge in [0.05, 0.1) is 0 Å². The van der Waals surface area contributed by atoms with Crippen LogP contribution in [0, 0.1) is 0 Å². The molecule has 2 aromatic rings. The molecule has 3 rings (SSSR count). The lowest BCUT2D eigenvalue weighted by Gasteiger charge is -2.46. The zero-order valence-corrected chi connectivity index (χ0v) is 56.4. The van der Waals surface area contributed by atoms with Gasteiger partial charge in [-0.1, -0.05) is 42.5 Å². The number of carbonyl (C=O) groups excluding carboxylic acids is 12. The lowest BCUT2D eigenvalue weighted by molar-refractivity contribution is -0.461. The van der Waals surface area contributed by atoms with E-state index in [1.165, 1.54) is 29.6 Å². The first kappa shape index (κ1) is 90.6. The number of phenolic OH excluding ortho intramolecular Hbond substituents is 1. The minimum atomic E-state index is -8.99. The van der Waals surface area contributed by atoms with Gasteiger partial charge in [-0.3, -0.25) is 52.7 Å². The maximum Gasteiger partial charge on any atom is 0.460 e. The number of hydrogen-bond donors (Lipinski definition) is 5. The monoisotopic (exact) mass is 1560 g/mol. The summed E-state index contributed by atoms with van der Waals surface area (Å²) in [5, 5.41) is 17.6. The van der Waals surface area contributed by atoms with Crippen molar-refractivity contribution in [2.45, 2.75) is 209 Å². The van der Waals surface area contributed by atoms with E-state index in [1.54, 1.807) is 30.3 Å². The number of alkyl halides is 17. The van der Waals surface area contributed by atoms with Gasteiger partial charge in [0.2, 0.25) is 17.9 Å². The summed E-state index contributed by atoms with van der Waals surface area (Å²) >= 11 is 0. The van der Waals surface area contributed by atoms with Crippen molar-refractivity contribution in [2.75, 3.05) is 26.3 Å². The molecular weight excluding hydrogens is 1500 g/mol. The molecule has 28 nitrogen and oxygen atoms in total. The fraction of sp³-hybridized carbons (Fsp3) is 0.607. The molecule has 596 valence electrons. The molecule has 2 aromatic carbocycles. The molecule has 0 radical (unpaired) electrons. The number of esters is 8. The summed E-state index contributed by atoms with van der Waals surface area (Å²) in [6.45, 7) is -0.0374. The predicted octanol–water partition coefficient (Wildman–Crippen LogP) is 6.34. The SMILES string of the molecule is CC(=O)OCC(OC(C)=O)[C@@H](O[C@@H]1OC(COC(C)=O)[C@H](OC(C)=O)C(OC(C)=O)C1OC(C)=O)C(OC(C)=O)C(OC(C)=O)C(=O)NC(CCCCNC(=O)C(Cc1ccc(O)cc1)NC(=O)OCc1ccccc1)C(=O)NCCC(F)(F)C(F)(F)C(F)(F)C(F)(F)C(F)(F)C(F)(F)C(F)(F)C(F)(F)F. The third-order valence-corrected chi connectivity index (χ3v) is 14.4. The van der Waals surface area contributed by atoms with Crippen LogP contribution in [0.15, 0.2) is 54.6 Å². The van der Waals surface area contributed by atoms with Crippen molar-refractivity contribution in [3.05, 3.63) is 65.7 Å². The molecule has 0 bridgehead atoms. The van der Waals surface area contributed by atoms with Crippen molar-refractivity contribution >= 4 is 71.6 Å². The fourth-order valence-electron chi connectivity index (χ4n) is 9.51.